The maximum atomic E-state index is 12.4. The number of Topliss-reactive ketones (excluding diaryl/α,β-unsaturated/α-hetero) is 1. The van der Waals surface area contributed by atoms with E-state index in [1.807, 2.05) is 41.5 Å². The van der Waals surface area contributed by atoms with Gasteiger partial charge in [-0.1, -0.05) is 48.5 Å². The number of carbonyl (C=O) groups excluding carboxylic acids is 6. The minimum Gasteiger partial charge on any atom is -0.379 e. The molecule has 3 atom stereocenters. The largest absolute Gasteiger partial charge is 0.379 e. The first-order valence-corrected chi connectivity index (χ1v) is 20.8. The van der Waals surface area contributed by atoms with Crippen LogP contribution in [0.15, 0.2) is 0 Å². The molecule has 1 fully saturated rings. The molecule has 0 aliphatic carbocycles. The molecule has 1 aliphatic heterocycles. The van der Waals surface area contributed by atoms with Crippen LogP contribution in [0.3, 0.4) is 0 Å². The fourth-order valence-corrected chi connectivity index (χ4v) is 4.64. The zero-order chi connectivity index (χ0) is 44.0. The van der Waals surface area contributed by atoms with Crippen LogP contribution in [-0.4, -0.2) is 171 Å². The molecule has 0 aromatic heterocycles. The third-order valence-electron chi connectivity index (χ3n) is 7.91. The second-order valence-electron chi connectivity index (χ2n) is 12.9. The van der Waals surface area contributed by atoms with E-state index in [0.717, 1.165) is 4.90 Å². The first-order valence-electron chi connectivity index (χ1n) is 20.8. The van der Waals surface area contributed by atoms with E-state index in [1.165, 1.54) is 6.92 Å². The number of ketones is 1. The summed E-state index contributed by atoms with van der Waals surface area (Å²) in [6.07, 6.45) is 0.380. The number of amides is 5. The van der Waals surface area contributed by atoms with E-state index >= 15 is 0 Å². The Kier molecular flexibility index (Phi) is 38.7. The van der Waals surface area contributed by atoms with Crippen molar-refractivity contribution < 1.29 is 66.7 Å². The number of imide groups is 1. The van der Waals surface area contributed by atoms with Gasteiger partial charge in [0, 0.05) is 38.3 Å². The Bertz CT molecular complexity index is 1100. The maximum Gasteiger partial charge on any atom is 0.243 e. The van der Waals surface area contributed by atoms with Crippen molar-refractivity contribution in [3.8, 4) is 0 Å². The van der Waals surface area contributed by atoms with E-state index in [9.17, 15) is 28.8 Å². The number of ether oxygens (including phenoxy) is 8. The van der Waals surface area contributed by atoms with E-state index in [2.05, 4.69) is 16.0 Å². The zero-order valence-corrected chi connectivity index (χ0v) is 36.8. The molecule has 58 heavy (non-hydrogen) atoms. The predicted molar refractivity (Wildman–Crippen MR) is 217 cm³/mol. The van der Waals surface area contributed by atoms with Crippen molar-refractivity contribution in [2.45, 2.75) is 93.7 Å². The second-order valence-corrected chi connectivity index (χ2v) is 12.9. The summed E-state index contributed by atoms with van der Waals surface area (Å²) < 4.78 is 43.6. The molecular weight excluding hydrogens is 760 g/mol. The molecule has 0 bridgehead atoms. The van der Waals surface area contributed by atoms with Gasteiger partial charge in [0.05, 0.1) is 112 Å². The Hall–Kier alpha value is -3.10. The van der Waals surface area contributed by atoms with Gasteiger partial charge in [0.2, 0.25) is 29.5 Å². The monoisotopic (exact) mass is 837 g/mol. The first kappa shape index (κ1) is 57.0. The van der Waals surface area contributed by atoms with Crippen molar-refractivity contribution in [1.82, 2.24) is 20.9 Å². The van der Waals surface area contributed by atoms with Gasteiger partial charge in [-0.2, -0.15) is 0 Å². The first-order chi connectivity index (χ1) is 27.9. The molecule has 18 nitrogen and oxygen atoms in total. The molecule has 1 saturated heterocycles. The number of likely N-dealkylation sites (tertiary alicyclic amines) is 1. The lowest BCUT2D eigenvalue weighted by Crippen LogP contribution is -2.52. The zero-order valence-electron chi connectivity index (χ0n) is 36.8. The van der Waals surface area contributed by atoms with Crippen LogP contribution in [0, 0.1) is 11.8 Å². The highest BCUT2D eigenvalue weighted by atomic mass is 16.6. The van der Waals surface area contributed by atoms with Gasteiger partial charge in [0.25, 0.3) is 0 Å². The summed E-state index contributed by atoms with van der Waals surface area (Å²) in [5, 5.41) is 8.02. The van der Waals surface area contributed by atoms with Gasteiger partial charge in [0.1, 0.15) is 6.04 Å². The Morgan fingerprint density at radius 2 is 1.00 bits per heavy atom. The molecule has 18 heteroatoms. The van der Waals surface area contributed by atoms with Gasteiger partial charge >= 0.3 is 0 Å². The Balaban J connectivity index is 0. The lowest BCUT2D eigenvalue weighted by Gasteiger charge is -2.23. The third kappa shape index (κ3) is 30.9. The van der Waals surface area contributed by atoms with Crippen molar-refractivity contribution in [2.75, 3.05) is 119 Å². The molecule has 0 aromatic rings. The average molecular weight is 837 g/mol. The summed E-state index contributed by atoms with van der Waals surface area (Å²) >= 11 is 0. The summed E-state index contributed by atoms with van der Waals surface area (Å²) in [5.41, 5.74) is 0. The predicted octanol–water partition coefficient (Wildman–Crippen LogP) is 1.70. The van der Waals surface area contributed by atoms with Gasteiger partial charge in [-0.3, -0.25) is 33.7 Å². The van der Waals surface area contributed by atoms with Crippen LogP contribution in [0.5, 0.6) is 0 Å². The number of nitrogens with one attached hydrogen (secondary N) is 3. The lowest BCUT2D eigenvalue weighted by atomic mass is 10.0. The van der Waals surface area contributed by atoms with E-state index in [-0.39, 0.29) is 73.7 Å². The summed E-state index contributed by atoms with van der Waals surface area (Å²) in [6, 6.07) is -1.35. The van der Waals surface area contributed by atoms with Crippen molar-refractivity contribution in [2.24, 2.45) is 11.8 Å². The van der Waals surface area contributed by atoms with Gasteiger partial charge in [-0.25, -0.2) is 0 Å². The molecule has 1 heterocycles. The van der Waals surface area contributed by atoms with Crippen molar-refractivity contribution in [3.05, 3.63) is 0 Å². The Labute approximate surface area is 346 Å². The summed E-state index contributed by atoms with van der Waals surface area (Å²) in [4.78, 5) is 72.7. The SMILES string of the molecule is CC.CC.CC(=O)C(C)NC(=O)C(NC(=O)CCOCCOCCOCCOCCOCCOCCOCCOCCNC(=O)CCN1C(=O)CC(C)C1=O)C(C)C. The number of nitrogens with zero attached hydrogens (tertiary/aromatic N) is 1. The number of hydrogen-bond acceptors (Lipinski definition) is 14. The molecule has 0 aromatic carbocycles. The molecule has 0 saturated carbocycles. The number of carbonyl (C=O) groups is 6. The molecule has 0 radical (unpaired) electrons. The highest BCUT2D eigenvalue weighted by molar-refractivity contribution is 6.03. The van der Waals surface area contributed by atoms with Crippen LogP contribution in [0.25, 0.3) is 0 Å². The molecule has 340 valence electrons. The quantitative estimate of drug-likeness (QED) is 0.0613. The minimum absolute atomic E-state index is 0.0745. The van der Waals surface area contributed by atoms with E-state index in [0.29, 0.717) is 106 Å². The van der Waals surface area contributed by atoms with Crippen LogP contribution in [0.2, 0.25) is 0 Å². The van der Waals surface area contributed by atoms with Crippen molar-refractivity contribution >= 4 is 35.3 Å². The summed E-state index contributed by atoms with van der Waals surface area (Å²) in [5.74, 6) is -2.00. The van der Waals surface area contributed by atoms with Crippen LogP contribution in [0.4, 0.5) is 0 Å². The van der Waals surface area contributed by atoms with Crippen LogP contribution >= 0.6 is 0 Å². The molecule has 1 aliphatic rings. The highest BCUT2D eigenvalue weighted by Gasteiger charge is 2.35. The summed E-state index contributed by atoms with van der Waals surface area (Å²) in [7, 11) is 0. The molecule has 0 spiro atoms. The number of hydrogen-bond donors (Lipinski definition) is 3. The molecule has 3 unspecified atom stereocenters. The molecule has 3 N–H and O–H groups in total. The van der Waals surface area contributed by atoms with Crippen molar-refractivity contribution in [1.29, 1.82) is 0 Å². The molecular formula is C40H76N4O14. The normalized spacial score (nSPS) is 14.6. The van der Waals surface area contributed by atoms with Crippen molar-refractivity contribution in [3.63, 3.8) is 0 Å². The fourth-order valence-electron chi connectivity index (χ4n) is 4.64. The Morgan fingerprint density at radius 1 is 0.603 bits per heavy atom. The van der Waals surface area contributed by atoms with E-state index < -0.39 is 18.0 Å². The lowest BCUT2D eigenvalue weighted by molar-refractivity contribution is -0.139. The second kappa shape index (κ2) is 39.4. The van der Waals surface area contributed by atoms with Crippen LogP contribution in [0.1, 0.15) is 81.6 Å². The van der Waals surface area contributed by atoms with Gasteiger partial charge < -0.3 is 53.8 Å². The van der Waals surface area contributed by atoms with Crippen LogP contribution < -0.4 is 16.0 Å². The Morgan fingerprint density at radius 3 is 1.36 bits per heavy atom. The van der Waals surface area contributed by atoms with Gasteiger partial charge in [-0.05, 0) is 19.8 Å². The molecule has 1 rings (SSSR count). The summed E-state index contributed by atoms with van der Waals surface area (Å²) in [6.45, 7) is 23.0. The van der Waals surface area contributed by atoms with E-state index in [1.54, 1.807) is 13.8 Å². The topological polar surface area (TPSA) is 216 Å². The fraction of sp³-hybridized carbons (Fsp3) is 0.850. The smallest absolute Gasteiger partial charge is 0.243 e. The van der Waals surface area contributed by atoms with E-state index in [4.69, 9.17) is 37.9 Å². The highest BCUT2D eigenvalue weighted by Crippen LogP contribution is 2.18. The minimum atomic E-state index is -0.736. The molecule has 5 amide bonds. The van der Waals surface area contributed by atoms with Gasteiger partial charge in [-0.15, -0.1) is 0 Å². The standard InChI is InChI=1S/C36H64N4O14.2C2H6/c1-27(2)34(35(45)38-29(4)30(5)41)39-32(43)7-10-47-12-14-49-16-18-51-20-22-53-24-25-54-23-21-52-19-17-50-15-13-48-11-8-37-31(42)6-9-40-33(44)26-28(3)36(40)46;2*1-2/h27-29,34H,6-26H2,1-5H3,(H,37,42)(H,38,45)(H,39,43);2*1-2H3. The third-order valence-corrected chi connectivity index (χ3v) is 7.91. The van der Waals surface area contributed by atoms with Crippen LogP contribution in [-0.2, 0) is 66.7 Å². The maximum absolute atomic E-state index is 12.4. The average Bonchev–Trinajstić information content (AvgIpc) is 3.45. The number of rotatable bonds is 35. The van der Waals surface area contributed by atoms with Gasteiger partial charge in [0.15, 0.2) is 5.78 Å².